The molecule has 0 aliphatic heterocycles. The quantitative estimate of drug-likeness (QED) is 0.782. The molecule has 0 unspecified atom stereocenters. The lowest BCUT2D eigenvalue weighted by Crippen LogP contribution is -2.19. The fraction of sp³-hybridized carbons (Fsp3) is 0.364. The molecule has 2 aromatic heterocycles. The van der Waals surface area contributed by atoms with E-state index in [1.165, 1.54) is 23.8 Å². The van der Waals surface area contributed by atoms with Gasteiger partial charge in [0.1, 0.15) is 0 Å². The zero-order valence-electron chi connectivity index (χ0n) is 7.86. The van der Waals surface area contributed by atoms with E-state index in [-0.39, 0.29) is 5.41 Å². The molecule has 3 nitrogen and oxygen atoms in total. The van der Waals surface area contributed by atoms with Crippen molar-refractivity contribution in [3.8, 4) is 0 Å². The normalized spacial score (nSPS) is 18.6. The van der Waals surface area contributed by atoms with Gasteiger partial charge in [-0.15, -0.1) is 0 Å². The van der Waals surface area contributed by atoms with Crippen LogP contribution in [0.2, 0.25) is 0 Å². The molecule has 0 radical (unpaired) electrons. The minimum Gasteiger partial charge on any atom is -0.462 e. The highest BCUT2D eigenvalue weighted by molar-refractivity contribution is 5.81. The summed E-state index contributed by atoms with van der Waals surface area (Å²) in [6, 6.07) is 2.00. The highest BCUT2D eigenvalue weighted by atomic mass is 16.3. The van der Waals surface area contributed by atoms with Crippen LogP contribution in [0.1, 0.15) is 18.4 Å². The monoisotopic (exact) mass is 188 g/mol. The van der Waals surface area contributed by atoms with Gasteiger partial charge in [0.25, 0.3) is 0 Å². The Morgan fingerprint density at radius 1 is 1.50 bits per heavy atom. The molecule has 72 valence electrons. The van der Waals surface area contributed by atoms with Gasteiger partial charge in [-0.2, -0.15) is 0 Å². The molecule has 1 fully saturated rings. The SMILES string of the molecule is NCC1(c2coc3cnccc23)CC1. The highest BCUT2D eigenvalue weighted by Gasteiger charge is 2.44. The van der Waals surface area contributed by atoms with Crippen molar-refractivity contribution in [3.05, 3.63) is 30.3 Å². The van der Waals surface area contributed by atoms with Crippen molar-refractivity contribution in [1.29, 1.82) is 0 Å². The number of nitrogens with zero attached hydrogens (tertiary/aromatic N) is 1. The van der Waals surface area contributed by atoms with Crippen LogP contribution in [0.25, 0.3) is 11.0 Å². The lowest BCUT2D eigenvalue weighted by atomic mass is 9.96. The molecular formula is C11H12N2O. The lowest BCUT2D eigenvalue weighted by Gasteiger charge is -2.09. The van der Waals surface area contributed by atoms with Crippen molar-refractivity contribution in [2.75, 3.05) is 6.54 Å². The van der Waals surface area contributed by atoms with Gasteiger partial charge in [-0.1, -0.05) is 0 Å². The fourth-order valence-electron chi connectivity index (χ4n) is 2.03. The molecule has 2 aromatic rings. The van der Waals surface area contributed by atoms with Crippen LogP contribution in [-0.4, -0.2) is 11.5 Å². The van der Waals surface area contributed by atoms with Gasteiger partial charge in [-0.05, 0) is 18.9 Å². The van der Waals surface area contributed by atoms with Crippen LogP contribution >= 0.6 is 0 Å². The molecular weight excluding hydrogens is 176 g/mol. The van der Waals surface area contributed by atoms with Gasteiger partial charge in [-0.3, -0.25) is 4.98 Å². The predicted octanol–water partition coefficient (Wildman–Crippen LogP) is 1.82. The lowest BCUT2D eigenvalue weighted by molar-refractivity contribution is 0.594. The Morgan fingerprint density at radius 2 is 2.36 bits per heavy atom. The minimum atomic E-state index is 0.201. The standard InChI is InChI=1S/C11H12N2O/c12-7-11(2-3-11)9-6-14-10-5-13-4-1-8(9)10/h1,4-6H,2-3,7,12H2. The van der Waals surface area contributed by atoms with Crippen LogP contribution < -0.4 is 5.73 Å². The van der Waals surface area contributed by atoms with Crippen LogP contribution in [0.15, 0.2) is 29.1 Å². The third-order valence-electron chi connectivity index (χ3n) is 3.19. The zero-order valence-corrected chi connectivity index (χ0v) is 7.86. The first-order chi connectivity index (χ1) is 6.86. The van der Waals surface area contributed by atoms with Crippen LogP contribution in [0, 0.1) is 0 Å². The van der Waals surface area contributed by atoms with Crippen molar-refractivity contribution in [2.45, 2.75) is 18.3 Å². The number of furan rings is 1. The molecule has 0 amide bonds. The van der Waals surface area contributed by atoms with E-state index in [1.807, 2.05) is 12.3 Å². The molecule has 0 bridgehead atoms. The first kappa shape index (κ1) is 8.00. The van der Waals surface area contributed by atoms with E-state index in [9.17, 15) is 0 Å². The maximum atomic E-state index is 5.79. The van der Waals surface area contributed by atoms with Gasteiger partial charge >= 0.3 is 0 Å². The van der Waals surface area contributed by atoms with Crippen LogP contribution in [0.5, 0.6) is 0 Å². The first-order valence-electron chi connectivity index (χ1n) is 4.87. The first-order valence-corrected chi connectivity index (χ1v) is 4.87. The van der Waals surface area contributed by atoms with Gasteiger partial charge in [-0.25, -0.2) is 0 Å². The Morgan fingerprint density at radius 3 is 3.07 bits per heavy atom. The molecule has 1 aliphatic carbocycles. The average molecular weight is 188 g/mol. The number of aromatic nitrogens is 1. The van der Waals surface area contributed by atoms with Crippen molar-refractivity contribution in [2.24, 2.45) is 5.73 Å². The summed E-state index contributed by atoms with van der Waals surface area (Å²) in [7, 11) is 0. The molecule has 1 aliphatic rings. The number of fused-ring (bicyclic) bond motifs is 1. The van der Waals surface area contributed by atoms with Gasteiger partial charge in [0.2, 0.25) is 0 Å². The minimum absolute atomic E-state index is 0.201. The second kappa shape index (κ2) is 2.58. The van der Waals surface area contributed by atoms with E-state index in [4.69, 9.17) is 10.2 Å². The summed E-state index contributed by atoms with van der Waals surface area (Å²) in [5.74, 6) is 0. The molecule has 2 heterocycles. The number of rotatable bonds is 2. The van der Waals surface area contributed by atoms with E-state index < -0.39 is 0 Å². The van der Waals surface area contributed by atoms with E-state index in [1.54, 1.807) is 12.4 Å². The van der Waals surface area contributed by atoms with E-state index in [0.29, 0.717) is 6.54 Å². The van der Waals surface area contributed by atoms with E-state index >= 15 is 0 Å². The Balaban J connectivity index is 2.22. The van der Waals surface area contributed by atoms with Gasteiger partial charge < -0.3 is 10.2 Å². The predicted molar refractivity (Wildman–Crippen MR) is 54.0 cm³/mol. The molecule has 2 N–H and O–H groups in total. The second-order valence-corrected chi connectivity index (χ2v) is 4.01. The third-order valence-corrected chi connectivity index (χ3v) is 3.19. The molecule has 0 aromatic carbocycles. The summed E-state index contributed by atoms with van der Waals surface area (Å²) in [6.07, 6.45) is 7.76. The molecule has 0 spiro atoms. The van der Waals surface area contributed by atoms with Gasteiger partial charge in [0.05, 0.1) is 12.5 Å². The summed E-state index contributed by atoms with van der Waals surface area (Å²) >= 11 is 0. The molecule has 3 heteroatoms. The Hall–Kier alpha value is -1.35. The summed E-state index contributed by atoms with van der Waals surface area (Å²) in [6.45, 7) is 0.712. The highest BCUT2D eigenvalue weighted by Crippen LogP contribution is 2.49. The topological polar surface area (TPSA) is 52.0 Å². The van der Waals surface area contributed by atoms with Crippen LogP contribution in [0.4, 0.5) is 0 Å². The second-order valence-electron chi connectivity index (χ2n) is 4.01. The molecule has 1 saturated carbocycles. The third kappa shape index (κ3) is 0.930. The van der Waals surface area contributed by atoms with E-state index in [2.05, 4.69) is 4.98 Å². The van der Waals surface area contributed by atoms with Crippen molar-refractivity contribution in [3.63, 3.8) is 0 Å². The largest absolute Gasteiger partial charge is 0.462 e. The Bertz CT molecular complexity index is 471. The molecule has 3 rings (SSSR count). The number of hydrogen-bond donors (Lipinski definition) is 1. The summed E-state index contributed by atoms with van der Waals surface area (Å²) < 4.78 is 5.46. The fourth-order valence-corrected chi connectivity index (χ4v) is 2.03. The van der Waals surface area contributed by atoms with Crippen molar-refractivity contribution >= 4 is 11.0 Å². The number of hydrogen-bond acceptors (Lipinski definition) is 3. The van der Waals surface area contributed by atoms with Gasteiger partial charge in [0.15, 0.2) is 5.58 Å². The maximum absolute atomic E-state index is 5.79. The molecule has 14 heavy (non-hydrogen) atoms. The van der Waals surface area contributed by atoms with Crippen LogP contribution in [0.3, 0.4) is 0 Å². The number of pyridine rings is 1. The Labute approximate surface area is 81.9 Å². The zero-order chi connectivity index (χ0) is 9.60. The Kier molecular flexibility index (Phi) is 1.47. The molecule has 0 saturated heterocycles. The van der Waals surface area contributed by atoms with Crippen molar-refractivity contribution < 1.29 is 4.42 Å². The number of nitrogens with two attached hydrogens (primary N) is 1. The summed E-state index contributed by atoms with van der Waals surface area (Å²) in [4.78, 5) is 4.03. The van der Waals surface area contributed by atoms with E-state index in [0.717, 1.165) is 5.58 Å². The maximum Gasteiger partial charge on any atom is 0.152 e. The smallest absolute Gasteiger partial charge is 0.152 e. The summed E-state index contributed by atoms with van der Waals surface area (Å²) in [5, 5.41) is 1.17. The average Bonchev–Trinajstić information content (AvgIpc) is 2.91. The molecule has 0 atom stereocenters. The van der Waals surface area contributed by atoms with Crippen LogP contribution in [-0.2, 0) is 5.41 Å². The van der Waals surface area contributed by atoms with Crippen molar-refractivity contribution in [1.82, 2.24) is 4.98 Å². The van der Waals surface area contributed by atoms with Gasteiger partial charge in [0, 0.05) is 29.1 Å². The summed E-state index contributed by atoms with van der Waals surface area (Å²) in [5.41, 5.74) is 8.12.